The van der Waals surface area contributed by atoms with Gasteiger partial charge in [-0.05, 0) is 56.6 Å². The van der Waals surface area contributed by atoms with Crippen molar-refractivity contribution in [2.24, 2.45) is 5.92 Å². The second kappa shape index (κ2) is 5.19. The smallest absolute Gasteiger partial charge is 0.408 e. The van der Waals surface area contributed by atoms with E-state index >= 15 is 0 Å². The number of H-pyrrole nitrogens is 1. The van der Waals surface area contributed by atoms with E-state index in [1.54, 1.807) is 0 Å². The van der Waals surface area contributed by atoms with Crippen LogP contribution in [0.25, 0.3) is 11.1 Å². The highest BCUT2D eigenvalue weighted by Crippen LogP contribution is 2.26. The van der Waals surface area contributed by atoms with Crippen molar-refractivity contribution in [3.8, 4) is 0 Å². The maximum absolute atomic E-state index is 11.2. The minimum atomic E-state index is -0.395. The van der Waals surface area contributed by atoms with Gasteiger partial charge in [-0.2, -0.15) is 0 Å². The number of aromatic amines is 1. The Morgan fingerprint density at radius 2 is 2.42 bits per heavy atom. The molecule has 0 bridgehead atoms. The average molecular weight is 261 g/mol. The molecule has 5 heteroatoms. The Morgan fingerprint density at radius 1 is 1.53 bits per heavy atom. The minimum Gasteiger partial charge on any atom is -0.408 e. The fourth-order valence-electron chi connectivity index (χ4n) is 2.85. The first-order valence-electron chi connectivity index (χ1n) is 6.77. The van der Waals surface area contributed by atoms with Gasteiger partial charge in [-0.25, -0.2) is 4.79 Å². The third-order valence-electron chi connectivity index (χ3n) is 3.93. The van der Waals surface area contributed by atoms with Crippen molar-refractivity contribution in [2.45, 2.75) is 18.9 Å². The SMILES string of the molecule is CNC(CC1CCNC1)c1ccc2[nH]c(=O)oc2c1. The van der Waals surface area contributed by atoms with Gasteiger partial charge in [0.1, 0.15) is 0 Å². The van der Waals surface area contributed by atoms with Gasteiger partial charge in [-0.1, -0.05) is 6.07 Å². The van der Waals surface area contributed by atoms with Crippen LogP contribution >= 0.6 is 0 Å². The topological polar surface area (TPSA) is 70.1 Å². The Bertz CT molecular complexity index is 610. The van der Waals surface area contributed by atoms with E-state index in [9.17, 15) is 4.79 Å². The first kappa shape index (κ1) is 12.4. The summed E-state index contributed by atoms with van der Waals surface area (Å²) in [5, 5.41) is 6.75. The van der Waals surface area contributed by atoms with E-state index in [0.29, 0.717) is 17.5 Å². The summed E-state index contributed by atoms with van der Waals surface area (Å²) in [6.07, 6.45) is 2.34. The minimum absolute atomic E-state index is 0.300. The summed E-state index contributed by atoms with van der Waals surface area (Å²) in [4.78, 5) is 13.8. The van der Waals surface area contributed by atoms with E-state index < -0.39 is 5.76 Å². The first-order valence-corrected chi connectivity index (χ1v) is 6.77. The fourth-order valence-corrected chi connectivity index (χ4v) is 2.85. The molecule has 102 valence electrons. The van der Waals surface area contributed by atoms with Crippen molar-refractivity contribution in [1.82, 2.24) is 15.6 Å². The summed E-state index contributed by atoms with van der Waals surface area (Å²) < 4.78 is 5.12. The molecule has 1 aromatic carbocycles. The first-order chi connectivity index (χ1) is 9.26. The molecule has 2 aromatic rings. The maximum Gasteiger partial charge on any atom is 0.417 e. The highest BCUT2D eigenvalue weighted by atomic mass is 16.4. The molecule has 1 saturated heterocycles. The van der Waals surface area contributed by atoms with Gasteiger partial charge in [0, 0.05) is 6.04 Å². The number of oxazole rings is 1. The molecule has 2 atom stereocenters. The molecule has 0 saturated carbocycles. The number of hydrogen-bond donors (Lipinski definition) is 3. The maximum atomic E-state index is 11.2. The molecule has 1 aliphatic rings. The molecule has 0 radical (unpaired) electrons. The van der Waals surface area contributed by atoms with Crippen molar-refractivity contribution in [2.75, 3.05) is 20.1 Å². The predicted molar refractivity (Wildman–Crippen MR) is 74.2 cm³/mol. The van der Waals surface area contributed by atoms with Crippen LogP contribution < -0.4 is 16.4 Å². The van der Waals surface area contributed by atoms with E-state index in [-0.39, 0.29) is 0 Å². The molecule has 2 heterocycles. The molecule has 19 heavy (non-hydrogen) atoms. The van der Waals surface area contributed by atoms with Gasteiger partial charge in [0.25, 0.3) is 0 Å². The average Bonchev–Trinajstić information content (AvgIpc) is 3.02. The van der Waals surface area contributed by atoms with Crippen LogP contribution in [0.3, 0.4) is 0 Å². The van der Waals surface area contributed by atoms with Crippen LogP contribution in [0.5, 0.6) is 0 Å². The normalized spacial score (nSPS) is 21.0. The number of benzene rings is 1. The lowest BCUT2D eigenvalue weighted by molar-refractivity contribution is 0.430. The Labute approximate surface area is 111 Å². The Kier molecular flexibility index (Phi) is 3.40. The van der Waals surface area contributed by atoms with Crippen molar-refractivity contribution in [3.05, 3.63) is 34.3 Å². The predicted octanol–water partition coefficient (Wildman–Crippen LogP) is 1.38. The van der Waals surface area contributed by atoms with Gasteiger partial charge in [0.05, 0.1) is 5.52 Å². The Morgan fingerprint density at radius 3 is 3.16 bits per heavy atom. The molecule has 0 amide bonds. The fraction of sp³-hybridized carbons (Fsp3) is 0.500. The van der Waals surface area contributed by atoms with Gasteiger partial charge in [-0.15, -0.1) is 0 Å². The molecule has 0 spiro atoms. The number of fused-ring (bicyclic) bond motifs is 1. The van der Waals surface area contributed by atoms with Crippen LogP contribution in [-0.2, 0) is 0 Å². The van der Waals surface area contributed by atoms with E-state index in [2.05, 4.69) is 21.7 Å². The number of hydrogen-bond acceptors (Lipinski definition) is 4. The Hall–Kier alpha value is -1.59. The molecule has 1 aromatic heterocycles. The molecule has 3 N–H and O–H groups in total. The monoisotopic (exact) mass is 261 g/mol. The molecule has 2 unspecified atom stereocenters. The van der Waals surface area contributed by atoms with Crippen molar-refractivity contribution < 1.29 is 4.42 Å². The van der Waals surface area contributed by atoms with Crippen LogP contribution in [0.4, 0.5) is 0 Å². The van der Waals surface area contributed by atoms with E-state index in [1.165, 1.54) is 12.0 Å². The third-order valence-corrected chi connectivity index (χ3v) is 3.93. The summed E-state index contributed by atoms with van der Waals surface area (Å²) in [6.45, 7) is 2.21. The van der Waals surface area contributed by atoms with Crippen LogP contribution in [0, 0.1) is 5.92 Å². The van der Waals surface area contributed by atoms with Gasteiger partial charge < -0.3 is 15.1 Å². The highest BCUT2D eigenvalue weighted by Gasteiger charge is 2.20. The van der Waals surface area contributed by atoms with Crippen LogP contribution in [0.15, 0.2) is 27.4 Å². The molecule has 5 nitrogen and oxygen atoms in total. The molecule has 0 aliphatic carbocycles. The summed E-state index contributed by atoms with van der Waals surface area (Å²) in [6, 6.07) is 6.22. The molecule has 3 rings (SSSR count). The second-order valence-electron chi connectivity index (χ2n) is 5.21. The zero-order valence-corrected chi connectivity index (χ0v) is 11.0. The van der Waals surface area contributed by atoms with Crippen molar-refractivity contribution in [3.63, 3.8) is 0 Å². The standard InChI is InChI=1S/C14H19N3O2/c1-15-12(6-9-4-5-16-8-9)10-2-3-11-13(7-10)19-14(18)17-11/h2-3,7,9,12,15-16H,4-6,8H2,1H3,(H,17,18). The molecule has 1 fully saturated rings. The van der Waals surface area contributed by atoms with Crippen LogP contribution in [-0.4, -0.2) is 25.1 Å². The van der Waals surface area contributed by atoms with Crippen LogP contribution in [0.2, 0.25) is 0 Å². The van der Waals surface area contributed by atoms with Crippen molar-refractivity contribution >= 4 is 11.1 Å². The van der Waals surface area contributed by atoms with Crippen LogP contribution in [0.1, 0.15) is 24.4 Å². The molecule has 1 aliphatic heterocycles. The summed E-state index contributed by atoms with van der Waals surface area (Å²) in [5.74, 6) is 0.319. The zero-order chi connectivity index (χ0) is 13.2. The van der Waals surface area contributed by atoms with E-state index in [4.69, 9.17) is 4.42 Å². The Balaban J connectivity index is 1.84. The lowest BCUT2D eigenvalue weighted by Gasteiger charge is -2.20. The van der Waals surface area contributed by atoms with E-state index in [1.807, 2.05) is 19.2 Å². The van der Waals surface area contributed by atoms with Gasteiger partial charge in [0.2, 0.25) is 0 Å². The highest BCUT2D eigenvalue weighted by molar-refractivity contribution is 5.72. The number of aromatic nitrogens is 1. The molecular formula is C14H19N3O2. The zero-order valence-electron chi connectivity index (χ0n) is 11.0. The van der Waals surface area contributed by atoms with Gasteiger partial charge in [0.15, 0.2) is 5.58 Å². The lowest BCUT2D eigenvalue weighted by Crippen LogP contribution is -2.21. The second-order valence-corrected chi connectivity index (χ2v) is 5.21. The van der Waals surface area contributed by atoms with E-state index in [0.717, 1.165) is 25.0 Å². The summed E-state index contributed by atoms with van der Waals surface area (Å²) in [7, 11) is 1.98. The molecular weight excluding hydrogens is 242 g/mol. The van der Waals surface area contributed by atoms with Crippen molar-refractivity contribution in [1.29, 1.82) is 0 Å². The summed E-state index contributed by atoms with van der Waals surface area (Å²) in [5.41, 5.74) is 2.56. The van der Waals surface area contributed by atoms with Gasteiger partial charge >= 0.3 is 5.76 Å². The lowest BCUT2D eigenvalue weighted by atomic mass is 9.94. The number of nitrogens with one attached hydrogen (secondary N) is 3. The van der Waals surface area contributed by atoms with Gasteiger partial charge in [-0.3, -0.25) is 4.98 Å². The third kappa shape index (κ3) is 2.57. The largest absolute Gasteiger partial charge is 0.417 e. The summed E-state index contributed by atoms with van der Waals surface area (Å²) >= 11 is 0. The quantitative estimate of drug-likeness (QED) is 0.777. The number of rotatable bonds is 4.